The smallest absolute Gasteiger partial charge is 0.0837 e. The minimum absolute atomic E-state index is 0.0770. The summed E-state index contributed by atoms with van der Waals surface area (Å²) in [7, 11) is 0. The molecular weight excluding hydrogens is 252 g/mol. The van der Waals surface area contributed by atoms with E-state index in [2.05, 4.69) is 30.4 Å². The van der Waals surface area contributed by atoms with E-state index < -0.39 is 0 Å². The number of benzene rings is 1. The van der Waals surface area contributed by atoms with Crippen LogP contribution in [0.2, 0.25) is 0 Å². The predicted octanol–water partition coefficient (Wildman–Crippen LogP) is 3.71. The van der Waals surface area contributed by atoms with Gasteiger partial charge >= 0.3 is 0 Å². The van der Waals surface area contributed by atoms with Gasteiger partial charge in [0.05, 0.1) is 12.0 Å². The molecule has 0 radical (unpaired) electrons. The van der Waals surface area contributed by atoms with Crippen molar-refractivity contribution in [3.8, 4) is 6.07 Å². The van der Waals surface area contributed by atoms with Crippen molar-refractivity contribution in [1.82, 2.24) is 5.32 Å². The van der Waals surface area contributed by atoms with Crippen molar-refractivity contribution < 1.29 is 0 Å². The molecule has 1 unspecified atom stereocenters. The largest absolute Gasteiger partial charge is 0.310 e. The SMILES string of the molecule is CCc1ccc(CNCC(C#N)c2ccccc2)s1. The van der Waals surface area contributed by atoms with Crippen molar-refractivity contribution in [2.24, 2.45) is 0 Å². The fraction of sp³-hybridized carbons (Fsp3) is 0.312. The Bertz CT molecular complexity index is 539. The van der Waals surface area contributed by atoms with Gasteiger partial charge in [0, 0.05) is 22.8 Å². The monoisotopic (exact) mass is 270 g/mol. The van der Waals surface area contributed by atoms with Crippen molar-refractivity contribution in [3.63, 3.8) is 0 Å². The van der Waals surface area contributed by atoms with Crippen LogP contribution >= 0.6 is 11.3 Å². The maximum absolute atomic E-state index is 9.23. The number of nitrogens with zero attached hydrogens (tertiary/aromatic N) is 1. The topological polar surface area (TPSA) is 35.8 Å². The van der Waals surface area contributed by atoms with Crippen LogP contribution in [0.5, 0.6) is 0 Å². The third-order valence-corrected chi connectivity index (χ3v) is 4.30. The standard InChI is InChI=1S/C16H18N2S/c1-2-15-8-9-16(19-15)12-18-11-14(10-17)13-6-4-3-5-7-13/h3-9,14,18H,2,11-12H2,1H3. The molecule has 0 spiro atoms. The van der Waals surface area contributed by atoms with E-state index in [9.17, 15) is 5.26 Å². The minimum Gasteiger partial charge on any atom is -0.310 e. The van der Waals surface area contributed by atoms with Crippen molar-refractivity contribution in [3.05, 3.63) is 57.8 Å². The molecule has 2 nitrogen and oxygen atoms in total. The lowest BCUT2D eigenvalue weighted by Crippen LogP contribution is -2.19. The lowest BCUT2D eigenvalue weighted by atomic mass is 10.0. The third-order valence-electron chi connectivity index (χ3n) is 3.07. The highest BCUT2D eigenvalue weighted by atomic mass is 32.1. The molecule has 0 aliphatic heterocycles. The number of nitrogens with one attached hydrogen (secondary N) is 1. The van der Waals surface area contributed by atoms with E-state index in [1.165, 1.54) is 9.75 Å². The van der Waals surface area contributed by atoms with E-state index in [-0.39, 0.29) is 5.92 Å². The quantitative estimate of drug-likeness (QED) is 0.868. The molecule has 1 heterocycles. The van der Waals surface area contributed by atoms with Crippen LogP contribution in [0.3, 0.4) is 0 Å². The average molecular weight is 270 g/mol. The molecule has 0 aliphatic carbocycles. The van der Waals surface area contributed by atoms with Gasteiger partial charge in [0.15, 0.2) is 0 Å². The lowest BCUT2D eigenvalue weighted by molar-refractivity contribution is 0.657. The normalized spacial score (nSPS) is 12.0. The molecule has 2 aromatic rings. The first-order valence-corrected chi connectivity index (χ1v) is 7.38. The van der Waals surface area contributed by atoms with Crippen LogP contribution in [0, 0.1) is 11.3 Å². The van der Waals surface area contributed by atoms with Crippen molar-refractivity contribution in [1.29, 1.82) is 5.26 Å². The summed E-state index contributed by atoms with van der Waals surface area (Å²) < 4.78 is 0. The molecule has 0 fully saturated rings. The Morgan fingerprint density at radius 2 is 1.89 bits per heavy atom. The Hall–Kier alpha value is -1.63. The number of hydrogen-bond donors (Lipinski definition) is 1. The molecule has 1 atom stereocenters. The van der Waals surface area contributed by atoms with Crippen LogP contribution < -0.4 is 5.32 Å². The van der Waals surface area contributed by atoms with E-state index in [4.69, 9.17) is 0 Å². The summed E-state index contributed by atoms with van der Waals surface area (Å²) in [5.74, 6) is -0.0770. The second-order valence-electron chi connectivity index (χ2n) is 4.44. The molecule has 0 saturated carbocycles. The van der Waals surface area contributed by atoms with Gasteiger partial charge in [-0.1, -0.05) is 37.3 Å². The Kier molecular flexibility index (Phi) is 5.14. The summed E-state index contributed by atoms with van der Waals surface area (Å²) in [6.07, 6.45) is 1.09. The van der Waals surface area contributed by atoms with Crippen LogP contribution in [-0.4, -0.2) is 6.54 Å². The third kappa shape index (κ3) is 3.92. The second kappa shape index (κ2) is 7.08. The summed E-state index contributed by atoms with van der Waals surface area (Å²) in [6, 6.07) is 16.7. The zero-order valence-electron chi connectivity index (χ0n) is 11.1. The van der Waals surface area contributed by atoms with Gasteiger partial charge in [-0.05, 0) is 24.1 Å². The van der Waals surface area contributed by atoms with Gasteiger partial charge in [0.1, 0.15) is 0 Å². The lowest BCUT2D eigenvalue weighted by Gasteiger charge is -2.10. The van der Waals surface area contributed by atoms with Crippen molar-refractivity contribution in [2.45, 2.75) is 25.8 Å². The van der Waals surface area contributed by atoms with E-state index >= 15 is 0 Å². The van der Waals surface area contributed by atoms with Crippen LogP contribution in [-0.2, 0) is 13.0 Å². The van der Waals surface area contributed by atoms with Gasteiger partial charge in [-0.2, -0.15) is 5.26 Å². The number of aryl methyl sites for hydroxylation is 1. The van der Waals surface area contributed by atoms with Gasteiger partial charge in [-0.3, -0.25) is 0 Å². The molecule has 0 bridgehead atoms. The maximum Gasteiger partial charge on any atom is 0.0837 e. The Labute approximate surface area is 118 Å². The first kappa shape index (κ1) is 13.8. The summed E-state index contributed by atoms with van der Waals surface area (Å²) >= 11 is 1.84. The summed E-state index contributed by atoms with van der Waals surface area (Å²) in [5, 5.41) is 12.6. The van der Waals surface area contributed by atoms with Gasteiger partial charge in [-0.15, -0.1) is 11.3 Å². The molecule has 0 amide bonds. The molecule has 1 aromatic carbocycles. The molecule has 0 saturated heterocycles. The number of thiophene rings is 1. The zero-order chi connectivity index (χ0) is 13.5. The van der Waals surface area contributed by atoms with Gasteiger partial charge in [-0.25, -0.2) is 0 Å². The molecule has 98 valence electrons. The average Bonchev–Trinajstić information content (AvgIpc) is 2.92. The first-order valence-electron chi connectivity index (χ1n) is 6.56. The minimum atomic E-state index is -0.0770. The van der Waals surface area contributed by atoms with Gasteiger partial charge in [0.25, 0.3) is 0 Å². The first-order chi connectivity index (χ1) is 9.33. The molecule has 1 N–H and O–H groups in total. The highest BCUT2D eigenvalue weighted by Gasteiger charge is 2.09. The van der Waals surface area contributed by atoms with Crippen LogP contribution in [0.1, 0.15) is 28.2 Å². The van der Waals surface area contributed by atoms with Crippen LogP contribution in [0.4, 0.5) is 0 Å². The molecule has 2 rings (SSSR count). The molecule has 1 aromatic heterocycles. The molecular formula is C16H18N2S. The fourth-order valence-corrected chi connectivity index (χ4v) is 2.90. The molecule has 3 heteroatoms. The summed E-state index contributed by atoms with van der Waals surface area (Å²) in [5.41, 5.74) is 1.08. The number of hydrogen-bond acceptors (Lipinski definition) is 3. The number of rotatable bonds is 6. The fourth-order valence-electron chi connectivity index (χ4n) is 1.97. The van der Waals surface area contributed by atoms with E-state index in [0.717, 1.165) is 18.5 Å². The van der Waals surface area contributed by atoms with Crippen LogP contribution in [0.15, 0.2) is 42.5 Å². The van der Waals surface area contributed by atoms with Crippen molar-refractivity contribution >= 4 is 11.3 Å². The zero-order valence-corrected chi connectivity index (χ0v) is 11.9. The van der Waals surface area contributed by atoms with Crippen LogP contribution in [0.25, 0.3) is 0 Å². The van der Waals surface area contributed by atoms with Gasteiger partial charge < -0.3 is 5.32 Å². The highest BCUT2D eigenvalue weighted by molar-refractivity contribution is 7.11. The molecule has 0 aliphatic rings. The highest BCUT2D eigenvalue weighted by Crippen LogP contribution is 2.17. The Morgan fingerprint density at radius 3 is 2.53 bits per heavy atom. The second-order valence-corrected chi connectivity index (χ2v) is 5.70. The van der Waals surface area contributed by atoms with Gasteiger partial charge in [0.2, 0.25) is 0 Å². The van der Waals surface area contributed by atoms with E-state index in [1.54, 1.807) is 0 Å². The van der Waals surface area contributed by atoms with Crippen molar-refractivity contribution in [2.75, 3.05) is 6.54 Å². The Morgan fingerprint density at radius 1 is 1.16 bits per heavy atom. The van der Waals surface area contributed by atoms with E-state index in [1.807, 2.05) is 41.7 Å². The van der Waals surface area contributed by atoms with E-state index in [0.29, 0.717) is 6.54 Å². The summed E-state index contributed by atoms with van der Waals surface area (Å²) in [6.45, 7) is 3.71. The number of nitriles is 1. The Balaban J connectivity index is 1.86. The predicted molar refractivity (Wildman–Crippen MR) is 80.2 cm³/mol. The summed E-state index contributed by atoms with van der Waals surface area (Å²) in [4.78, 5) is 2.75. The maximum atomic E-state index is 9.23. The molecule has 19 heavy (non-hydrogen) atoms.